The Kier molecular flexibility index (Phi) is 2.95. The summed E-state index contributed by atoms with van der Waals surface area (Å²) in [5.74, 6) is 1.93. The molecule has 0 saturated heterocycles. The van der Waals surface area contributed by atoms with E-state index in [4.69, 9.17) is 17.0 Å². The predicted molar refractivity (Wildman–Crippen MR) is 75.6 cm³/mol. The maximum Gasteiger partial charge on any atom is 0.144 e. The van der Waals surface area contributed by atoms with Gasteiger partial charge in [-0.3, -0.25) is 0 Å². The minimum Gasteiger partial charge on any atom is -0.492 e. The van der Waals surface area contributed by atoms with Crippen LogP contribution in [-0.4, -0.2) is 16.6 Å². The van der Waals surface area contributed by atoms with E-state index >= 15 is 0 Å². The summed E-state index contributed by atoms with van der Waals surface area (Å²) in [5.41, 5.74) is 2.16. The molecule has 2 aromatic rings. The van der Waals surface area contributed by atoms with Gasteiger partial charge in [0, 0.05) is 11.3 Å². The molecule has 1 unspecified atom stereocenters. The van der Waals surface area contributed by atoms with Crippen molar-refractivity contribution in [1.29, 1.82) is 0 Å². The summed E-state index contributed by atoms with van der Waals surface area (Å²) in [7, 11) is 0. The molecule has 1 N–H and O–H groups in total. The molecule has 1 atom stereocenters. The fraction of sp³-hybridized carbons (Fsp3) is 0.231. The van der Waals surface area contributed by atoms with Gasteiger partial charge in [-0.1, -0.05) is 30.4 Å². The smallest absolute Gasteiger partial charge is 0.144 e. The molecule has 0 saturated carbocycles. The zero-order valence-electron chi connectivity index (χ0n) is 9.74. The van der Waals surface area contributed by atoms with E-state index in [1.807, 2.05) is 25.1 Å². The third-order valence-electron chi connectivity index (χ3n) is 3.08. The number of para-hydroxylation sites is 1. The van der Waals surface area contributed by atoms with Crippen LogP contribution in [0.4, 0.5) is 0 Å². The van der Waals surface area contributed by atoms with Gasteiger partial charge in [-0.25, -0.2) is 4.98 Å². The van der Waals surface area contributed by atoms with Gasteiger partial charge in [0.05, 0.1) is 10.4 Å². The minimum atomic E-state index is 0.134. The Morgan fingerprint density at radius 3 is 3.00 bits per heavy atom. The van der Waals surface area contributed by atoms with Crippen LogP contribution in [0.3, 0.4) is 0 Å². The van der Waals surface area contributed by atoms with Gasteiger partial charge in [0.2, 0.25) is 0 Å². The van der Waals surface area contributed by atoms with Crippen molar-refractivity contribution < 1.29 is 4.74 Å². The predicted octanol–water partition coefficient (Wildman–Crippen LogP) is 3.73. The van der Waals surface area contributed by atoms with Crippen molar-refractivity contribution in [3.8, 4) is 5.75 Å². The van der Waals surface area contributed by atoms with E-state index in [1.165, 1.54) is 0 Å². The van der Waals surface area contributed by atoms with Crippen LogP contribution in [0.15, 0.2) is 28.7 Å². The quantitative estimate of drug-likeness (QED) is 0.813. The van der Waals surface area contributed by atoms with Crippen molar-refractivity contribution in [3.05, 3.63) is 50.5 Å². The number of nitrogens with zero attached hydrogens (tertiary/aromatic N) is 1. The molecule has 1 aromatic heterocycles. The largest absolute Gasteiger partial charge is 0.492 e. The van der Waals surface area contributed by atoms with Crippen LogP contribution in [0.25, 0.3) is 0 Å². The lowest BCUT2D eigenvalue weighted by atomic mass is 10.0. The molecule has 1 aliphatic heterocycles. The normalized spacial score (nSPS) is 17.3. The molecule has 18 heavy (non-hydrogen) atoms. The fourth-order valence-corrected chi connectivity index (χ4v) is 2.59. The molecule has 92 valence electrons. The molecule has 0 amide bonds. The van der Waals surface area contributed by atoms with Gasteiger partial charge in [-0.15, -0.1) is 0 Å². The first kappa shape index (κ1) is 11.9. The Bertz CT molecular complexity index is 668. The van der Waals surface area contributed by atoms with Crippen LogP contribution in [0.1, 0.15) is 23.0 Å². The second-order valence-electron chi connectivity index (χ2n) is 4.27. The molecule has 1 aromatic carbocycles. The zero-order chi connectivity index (χ0) is 12.7. The lowest BCUT2D eigenvalue weighted by Crippen LogP contribution is -2.09. The summed E-state index contributed by atoms with van der Waals surface area (Å²) in [6.45, 7) is 2.59. The molecule has 0 fully saturated rings. The van der Waals surface area contributed by atoms with E-state index in [1.54, 1.807) is 0 Å². The number of aromatic nitrogens is 2. The molecule has 1 aliphatic rings. The Balaban J connectivity index is 2.11. The standard InChI is InChI=1S/C13H11BrN2OS/c1-7-11(14)13(18)16-12(15-7)9-6-17-10-5-3-2-4-8(9)10/h2-5,9H,6H2,1H3,(H,15,16,18). The lowest BCUT2D eigenvalue weighted by Gasteiger charge is -2.10. The third kappa shape index (κ3) is 1.87. The highest BCUT2D eigenvalue weighted by Crippen LogP contribution is 2.36. The number of benzene rings is 1. The molecular weight excluding hydrogens is 312 g/mol. The fourth-order valence-electron chi connectivity index (χ4n) is 2.15. The number of hydrogen-bond acceptors (Lipinski definition) is 3. The first-order valence-electron chi connectivity index (χ1n) is 5.65. The zero-order valence-corrected chi connectivity index (χ0v) is 12.1. The maximum atomic E-state index is 5.67. The molecule has 0 spiro atoms. The number of ether oxygens (including phenoxy) is 1. The van der Waals surface area contributed by atoms with E-state index in [0.717, 1.165) is 27.3 Å². The van der Waals surface area contributed by atoms with Gasteiger partial charge in [-0.2, -0.15) is 0 Å². The average molecular weight is 323 g/mol. The van der Waals surface area contributed by atoms with Gasteiger partial charge >= 0.3 is 0 Å². The van der Waals surface area contributed by atoms with E-state index in [-0.39, 0.29) is 5.92 Å². The van der Waals surface area contributed by atoms with E-state index < -0.39 is 0 Å². The minimum absolute atomic E-state index is 0.134. The molecule has 0 radical (unpaired) electrons. The van der Waals surface area contributed by atoms with Gasteiger partial charge in [-0.05, 0) is 28.9 Å². The highest BCUT2D eigenvalue weighted by molar-refractivity contribution is 9.10. The monoisotopic (exact) mass is 322 g/mol. The average Bonchev–Trinajstić information content (AvgIpc) is 2.79. The second kappa shape index (κ2) is 4.48. The first-order chi connectivity index (χ1) is 8.66. The summed E-state index contributed by atoms with van der Waals surface area (Å²) < 4.78 is 7.11. The van der Waals surface area contributed by atoms with E-state index in [2.05, 4.69) is 32.0 Å². The van der Waals surface area contributed by atoms with Gasteiger partial charge in [0.15, 0.2) is 0 Å². The SMILES string of the molecule is Cc1[nH]c(C2COc3ccccc32)nc(=S)c1Br. The Hall–Kier alpha value is -1.20. The van der Waals surface area contributed by atoms with Crippen LogP contribution < -0.4 is 4.74 Å². The molecule has 3 nitrogen and oxygen atoms in total. The molecule has 5 heteroatoms. The summed E-state index contributed by atoms with van der Waals surface area (Å²) in [4.78, 5) is 7.74. The molecule has 0 aliphatic carbocycles. The molecular formula is C13H11BrN2OS. The van der Waals surface area contributed by atoms with E-state index in [9.17, 15) is 0 Å². The number of nitrogens with one attached hydrogen (secondary N) is 1. The number of halogens is 1. The van der Waals surface area contributed by atoms with Gasteiger partial charge < -0.3 is 9.72 Å². The summed E-state index contributed by atoms with van der Waals surface area (Å²) >= 11 is 8.67. The molecule has 0 bridgehead atoms. The van der Waals surface area contributed by atoms with Crippen LogP contribution in [0.5, 0.6) is 5.75 Å². The van der Waals surface area contributed by atoms with Crippen molar-refractivity contribution in [3.63, 3.8) is 0 Å². The van der Waals surface area contributed by atoms with Crippen LogP contribution in [0, 0.1) is 11.6 Å². The highest BCUT2D eigenvalue weighted by Gasteiger charge is 2.27. The second-order valence-corrected chi connectivity index (χ2v) is 5.45. The lowest BCUT2D eigenvalue weighted by molar-refractivity contribution is 0.339. The Morgan fingerprint density at radius 2 is 2.22 bits per heavy atom. The van der Waals surface area contributed by atoms with Crippen LogP contribution >= 0.6 is 28.1 Å². The van der Waals surface area contributed by atoms with Crippen molar-refractivity contribution in [2.75, 3.05) is 6.61 Å². The van der Waals surface area contributed by atoms with Crippen molar-refractivity contribution >= 4 is 28.1 Å². The number of hydrogen-bond donors (Lipinski definition) is 1. The van der Waals surface area contributed by atoms with Crippen LogP contribution in [-0.2, 0) is 0 Å². The third-order valence-corrected chi connectivity index (χ3v) is 4.61. The number of rotatable bonds is 1. The summed E-state index contributed by atoms with van der Waals surface area (Å²) in [6.07, 6.45) is 0. The first-order valence-corrected chi connectivity index (χ1v) is 6.85. The maximum absolute atomic E-state index is 5.67. The van der Waals surface area contributed by atoms with Gasteiger partial charge in [0.25, 0.3) is 0 Å². The topological polar surface area (TPSA) is 37.9 Å². The van der Waals surface area contributed by atoms with Crippen molar-refractivity contribution in [2.24, 2.45) is 0 Å². The van der Waals surface area contributed by atoms with Gasteiger partial charge in [0.1, 0.15) is 22.8 Å². The van der Waals surface area contributed by atoms with Crippen LogP contribution in [0.2, 0.25) is 0 Å². The van der Waals surface area contributed by atoms with Crippen molar-refractivity contribution in [2.45, 2.75) is 12.8 Å². The van der Waals surface area contributed by atoms with E-state index in [0.29, 0.717) is 11.2 Å². The Labute approximate surface area is 118 Å². The number of H-pyrrole nitrogens is 1. The Morgan fingerprint density at radius 1 is 1.44 bits per heavy atom. The summed E-state index contributed by atoms with van der Waals surface area (Å²) in [6, 6.07) is 8.04. The number of fused-ring (bicyclic) bond motifs is 1. The molecule has 2 heterocycles. The molecule has 3 rings (SSSR count). The van der Waals surface area contributed by atoms with Crippen molar-refractivity contribution in [1.82, 2.24) is 9.97 Å². The number of aromatic amines is 1. The highest BCUT2D eigenvalue weighted by atomic mass is 79.9. The number of aryl methyl sites for hydroxylation is 1. The summed E-state index contributed by atoms with van der Waals surface area (Å²) in [5, 5.41) is 0.